The monoisotopic (exact) mass is 599 g/mol. The largest absolute Gasteiger partial charge is 0.481 e. The minimum Gasteiger partial charge on any atom is -0.481 e. The molecule has 1 aromatic carbocycles. The predicted molar refractivity (Wildman–Crippen MR) is 147 cm³/mol. The van der Waals surface area contributed by atoms with Gasteiger partial charge in [-0.15, -0.1) is 0 Å². The van der Waals surface area contributed by atoms with Crippen LogP contribution in [0.4, 0.5) is 23.2 Å². The summed E-state index contributed by atoms with van der Waals surface area (Å²) in [6, 6.07) is 3.65. The van der Waals surface area contributed by atoms with Gasteiger partial charge in [-0.25, -0.2) is 4.39 Å². The molecule has 3 atom stereocenters. The van der Waals surface area contributed by atoms with Crippen molar-refractivity contribution in [3.63, 3.8) is 0 Å². The number of carboxylic acids is 1. The van der Waals surface area contributed by atoms with Crippen molar-refractivity contribution in [2.75, 3.05) is 71.1 Å². The van der Waals surface area contributed by atoms with E-state index < -0.39 is 35.2 Å². The molecule has 0 radical (unpaired) electrons. The first-order valence-corrected chi connectivity index (χ1v) is 14.8. The van der Waals surface area contributed by atoms with Crippen molar-refractivity contribution < 1.29 is 41.7 Å². The van der Waals surface area contributed by atoms with Crippen LogP contribution < -0.4 is 4.90 Å². The molecule has 4 heterocycles. The Hall–Kier alpha value is -2.44. The Morgan fingerprint density at radius 1 is 1.10 bits per heavy atom. The van der Waals surface area contributed by atoms with Gasteiger partial charge in [-0.1, -0.05) is 6.07 Å². The van der Waals surface area contributed by atoms with E-state index in [4.69, 9.17) is 9.47 Å². The lowest BCUT2D eigenvalue weighted by molar-refractivity contribution is -0.143. The zero-order valence-electron chi connectivity index (χ0n) is 24.3. The minimum absolute atomic E-state index is 0.0164. The molecule has 42 heavy (non-hydrogen) atoms. The zero-order chi connectivity index (χ0) is 30.3. The number of ether oxygens (including phenoxy) is 2. The molecule has 0 bridgehead atoms. The van der Waals surface area contributed by atoms with Crippen molar-refractivity contribution in [1.82, 2.24) is 9.80 Å². The molecule has 8 nitrogen and oxygen atoms in total. The molecule has 234 valence electrons. The molecule has 1 amide bonds. The molecule has 4 aliphatic heterocycles. The van der Waals surface area contributed by atoms with Crippen LogP contribution in [-0.2, 0) is 25.2 Å². The van der Waals surface area contributed by atoms with Crippen LogP contribution in [0, 0.1) is 11.8 Å². The molecule has 0 saturated carbocycles. The van der Waals surface area contributed by atoms with Gasteiger partial charge in [0.05, 0.1) is 18.1 Å². The van der Waals surface area contributed by atoms with E-state index in [0.29, 0.717) is 56.9 Å². The number of benzene rings is 1. The van der Waals surface area contributed by atoms with E-state index in [1.54, 1.807) is 0 Å². The van der Waals surface area contributed by atoms with Gasteiger partial charge in [0.2, 0.25) is 5.67 Å². The van der Waals surface area contributed by atoms with Crippen molar-refractivity contribution in [3.8, 4) is 0 Å². The molecule has 0 aromatic heterocycles. The highest BCUT2D eigenvalue weighted by atomic mass is 19.4. The fraction of sp³-hybridized carbons (Fsp3) is 0.733. The average Bonchev–Trinajstić information content (AvgIpc) is 3.57. The van der Waals surface area contributed by atoms with Crippen LogP contribution in [0.5, 0.6) is 0 Å². The summed E-state index contributed by atoms with van der Waals surface area (Å²) in [6.07, 6.45) is -2.24. The topological polar surface area (TPSA) is 82.6 Å². The third-order valence-corrected chi connectivity index (χ3v) is 9.99. The molecule has 4 aliphatic rings. The van der Waals surface area contributed by atoms with Gasteiger partial charge in [-0.3, -0.25) is 14.5 Å². The van der Waals surface area contributed by atoms with E-state index in [-0.39, 0.29) is 50.0 Å². The molecule has 4 fully saturated rings. The third kappa shape index (κ3) is 6.12. The number of aliphatic carboxylic acids is 1. The van der Waals surface area contributed by atoms with Crippen molar-refractivity contribution in [2.45, 2.75) is 62.3 Å². The first-order valence-electron chi connectivity index (χ1n) is 14.8. The molecule has 0 aliphatic carbocycles. The SMILES string of the molecule is COC[C@H]1CN(C(=O)[C@@]2(F)CCN(C3(C)CCOCC3)C2)C[C@@H]1c1ccc(C(F)(F)F)cc1N1CCC(C(=O)O)CC1. The van der Waals surface area contributed by atoms with Gasteiger partial charge < -0.3 is 24.4 Å². The summed E-state index contributed by atoms with van der Waals surface area (Å²) in [5, 5.41) is 9.41. The number of methoxy groups -OCH3 is 1. The van der Waals surface area contributed by atoms with E-state index in [1.807, 2.05) is 4.90 Å². The second kappa shape index (κ2) is 11.9. The van der Waals surface area contributed by atoms with E-state index in [0.717, 1.165) is 25.0 Å². The number of carbonyl (C=O) groups excluding carboxylic acids is 1. The van der Waals surface area contributed by atoms with Crippen LogP contribution in [0.1, 0.15) is 56.1 Å². The maximum absolute atomic E-state index is 16.4. The molecule has 12 heteroatoms. The first-order chi connectivity index (χ1) is 19.8. The number of piperidine rings is 1. The number of carboxylic acid groups (broad SMARTS) is 1. The van der Waals surface area contributed by atoms with Crippen LogP contribution >= 0.6 is 0 Å². The smallest absolute Gasteiger partial charge is 0.416 e. The van der Waals surface area contributed by atoms with E-state index in [2.05, 4.69) is 11.8 Å². The van der Waals surface area contributed by atoms with Crippen LogP contribution in [0.15, 0.2) is 18.2 Å². The van der Waals surface area contributed by atoms with E-state index in [1.165, 1.54) is 18.1 Å². The van der Waals surface area contributed by atoms with Gasteiger partial charge in [0.25, 0.3) is 5.91 Å². The number of rotatable bonds is 7. The summed E-state index contributed by atoms with van der Waals surface area (Å²) in [5.74, 6) is -2.61. The van der Waals surface area contributed by atoms with Crippen LogP contribution in [0.25, 0.3) is 0 Å². The standard InChI is InChI=1S/C30H41F4N3O5/c1-28(8-13-42-14-9-28)37-12-7-29(31,19-37)27(40)36-16-21(18-41-2)24(17-36)23-4-3-22(30(32,33)34)15-25(23)35-10-5-20(6-11-35)26(38)39/h3-4,15,20-21,24H,5-14,16-19H2,1-2H3,(H,38,39)/t21-,24+,29-/m1/s1. The Morgan fingerprint density at radius 2 is 1.79 bits per heavy atom. The zero-order valence-corrected chi connectivity index (χ0v) is 24.3. The van der Waals surface area contributed by atoms with Gasteiger partial charge in [0, 0.05) is 89.1 Å². The molecule has 1 aromatic rings. The number of likely N-dealkylation sites (tertiary alicyclic amines) is 2. The van der Waals surface area contributed by atoms with Gasteiger partial charge in [0.1, 0.15) is 0 Å². The Labute approximate surface area is 243 Å². The molecule has 0 unspecified atom stereocenters. The molecule has 4 saturated heterocycles. The fourth-order valence-electron chi connectivity index (χ4n) is 7.27. The highest BCUT2D eigenvalue weighted by Gasteiger charge is 2.53. The third-order valence-electron chi connectivity index (χ3n) is 9.99. The summed E-state index contributed by atoms with van der Waals surface area (Å²) in [7, 11) is 1.53. The van der Waals surface area contributed by atoms with Crippen LogP contribution in [0.3, 0.4) is 0 Å². The van der Waals surface area contributed by atoms with Gasteiger partial charge in [0.15, 0.2) is 0 Å². The van der Waals surface area contributed by atoms with Gasteiger partial charge in [-0.2, -0.15) is 13.2 Å². The summed E-state index contributed by atoms with van der Waals surface area (Å²) in [6.45, 7) is 5.10. The summed E-state index contributed by atoms with van der Waals surface area (Å²) in [5.41, 5.74) is -2.00. The minimum atomic E-state index is -4.55. The molecule has 0 spiro atoms. The lowest BCUT2D eigenvalue weighted by Gasteiger charge is -2.42. The summed E-state index contributed by atoms with van der Waals surface area (Å²) >= 11 is 0. The van der Waals surface area contributed by atoms with Crippen LogP contribution in [-0.4, -0.2) is 104 Å². The Balaban J connectivity index is 1.39. The number of nitrogens with zero attached hydrogens (tertiary/aromatic N) is 3. The number of halogens is 4. The molecule has 1 N–H and O–H groups in total. The molecule has 5 rings (SSSR count). The number of anilines is 1. The van der Waals surface area contributed by atoms with Crippen molar-refractivity contribution >= 4 is 17.6 Å². The number of hydrogen-bond donors (Lipinski definition) is 1. The highest BCUT2D eigenvalue weighted by molar-refractivity contribution is 5.86. The van der Waals surface area contributed by atoms with Gasteiger partial charge >= 0.3 is 12.1 Å². The summed E-state index contributed by atoms with van der Waals surface area (Å²) < 4.78 is 68.6. The van der Waals surface area contributed by atoms with Crippen molar-refractivity contribution in [1.29, 1.82) is 0 Å². The quantitative estimate of drug-likeness (QED) is 0.471. The molecular formula is C30H41F4N3O5. The first kappa shape index (κ1) is 31.0. The number of amides is 1. The van der Waals surface area contributed by atoms with Crippen molar-refractivity contribution in [3.05, 3.63) is 29.3 Å². The maximum Gasteiger partial charge on any atom is 0.416 e. The fourth-order valence-corrected chi connectivity index (χ4v) is 7.27. The van der Waals surface area contributed by atoms with E-state index >= 15 is 4.39 Å². The number of alkyl halides is 4. The van der Waals surface area contributed by atoms with E-state index in [9.17, 15) is 27.9 Å². The van der Waals surface area contributed by atoms with Gasteiger partial charge in [-0.05, 0) is 50.3 Å². The Kier molecular flexibility index (Phi) is 8.80. The predicted octanol–water partition coefficient (Wildman–Crippen LogP) is 4.18. The second-order valence-corrected chi connectivity index (χ2v) is 12.6. The average molecular weight is 600 g/mol. The van der Waals surface area contributed by atoms with Crippen molar-refractivity contribution in [2.24, 2.45) is 11.8 Å². The second-order valence-electron chi connectivity index (χ2n) is 12.6. The normalized spacial score (nSPS) is 29.3. The lowest BCUT2D eigenvalue weighted by atomic mass is 9.86. The highest BCUT2D eigenvalue weighted by Crippen LogP contribution is 2.44. The number of carbonyl (C=O) groups is 2. The lowest BCUT2D eigenvalue weighted by Crippen LogP contribution is -2.52. The Morgan fingerprint density at radius 3 is 2.40 bits per heavy atom. The van der Waals surface area contributed by atoms with Crippen LogP contribution in [0.2, 0.25) is 0 Å². The Bertz CT molecular complexity index is 1150. The number of hydrogen-bond acceptors (Lipinski definition) is 6. The molecular weight excluding hydrogens is 558 g/mol. The summed E-state index contributed by atoms with van der Waals surface area (Å²) in [4.78, 5) is 30.6. The maximum atomic E-state index is 16.4.